The summed E-state index contributed by atoms with van der Waals surface area (Å²) < 4.78 is 2.84. The van der Waals surface area contributed by atoms with Crippen molar-refractivity contribution in [2.45, 2.75) is 20.0 Å². The SMILES string of the molecule is CCn1c(NNC(=O)Cn2cncn2)nc2ccccc2c1=O. The molecule has 0 saturated carbocycles. The van der Waals surface area contributed by atoms with E-state index in [1.807, 2.05) is 6.92 Å². The Labute approximate surface area is 130 Å². The van der Waals surface area contributed by atoms with Gasteiger partial charge < -0.3 is 0 Å². The number of hydrogen-bond donors (Lipinski definition) is 2. The zero-order valence-electron chi connectivity index (χ0n) is 12.4. The van der Waals surface area contributed by atoms with Crippen LogP contribution in [0.2, 0.25) is 0 Å². The molecule has 0 unspecified atom stereocenters. The van der Waals surface area contributed by atoms with Crippen molar-refractivity contribution in [3.63, 3.8) is 0 Å². The molecule has 0 saturated heterocycles. The van der Waals surface area contributed by atoms with E-state index in [0.717, 1.165) is 0 Å². The van der Waals surface area contributed by atoms with Gasteiger partial charge in [-0.2, -0.15) is 5.10 Å². The van der Waals surface area contributed by atoms with Crippen LogP contribution in [0.15, 0.2) is 41.7 Å². The van der Waals surface area contributed by atoms with Gasteiger partial charge in [-0.25, -0.2) is 14.6 Å². The third kappa shape index (κ3) is 3.03. The number of nitrogens with one attached hydrogen (secondary N) is 2. The molecule has 2 heterocycles. The third-order valence-electron chi connectivity index (χ3n) is 3.26. The number of anilines is 1. The van der Waals surface area contributed by atoms with Crippen molar-refractivity contribution < 1.29 is 4.79 Å². The first-order valence-electron chi connectivity index (χ1n) is 7.06. The van der Waals surface area contributed by atoms with Crippen LogP contribution in [-0.2, 0) is 17.9 Å². The fourth-order valence-electron chi connectivity index (χ4n) is 2.18. The maximum Gasteiger partial charge on any atom is 0.262 e. The summed E-state index contributed by atoms with van der Waals surface area (Å²) in [5.41, 5.74) is 5.61. The van der Waals surface area contributed by atoms with E-state index in [1.54, 1.807) is 24.3 Å². The first kappa shape index (κ1) is 14.7. The van der Waals surface area contributed by atoms with Crippen molar-refractivity contribution >= 4 is 22.8 Å². The number of aromatic nitrogens is 5. The van der Waals surface area contributed by atoms with Crippen molar-refractivity contribution in [1.29, 1.82) is 0 Å². The molecule has 0 fully saturated rings. The minimum atomic E-state index is -0.333. The minimum Gasteiger partial charge on any atom is -0.277 e. The number of carbonyl (C=O) groups is 1. The molecule has 0 radical (unpaired) electrons. The summed E-state index contributed by atoms with van der Waals surface area (Å²) in [5.74, 6) is -0.0521. The predicted molar refractivity (Wildman–Crippen MR) is 83.5 cm³/mol. The Morgan fingerprint density at radius 3 is 2.87 bits per heavy atom. The van der Waals surface area contributed by atoms with E-state index in [1.165, 1.54) is 21.9 Å². The van der Waals surface area contributed by atoms with Crippen LogP contribution in [0, 0.1) is 0 Å². The van der Waals surface area contributed by atoms with Gasteiger partial charge in [0.1, 0.15) is 19.2 Å². The Morgan fingerprint density at radius 1 is 1.30 bits per heavy atom. The first-order chi connectivity index (χ1) is 11.2. The molecule has 0 aliphatic rings. The number of para-hydroxylation sites is 1. The second-order valence-electron chi connectivity index (χ2n) is 4.77. The smallest absolute Gasteiger partial charge is 0.262 e. The van der Waals surface area contributed by atoms with E-state index in [-0.39, 0.29) is 24.0 Å². The van der Waals surface area contributed by atoms with Gasteiger partial charge in [-0.3, -0.25) is 25.0 Å². The number of rotatable bonds is 5. The number of nitrogens with zero attached hydrogens (tertiary/aromatic N) is 5. The lowest BCUT2D eigenvalue weighted by atomic mass is 10.2. The number of benzene rings is 1. The molecule has 9 heteroatoms. The van der Waals surface area contributed by atoms with E-state index < -0.39 is 0 Å². The van der Waals surface area contributed by atoms with Crippen LogP contribution in [0.4, 0.5) is 5.95 Å². The largest absolute Gasteiger partial charge is 0.277 e. The number of carbonyl (C=O) groups excluding carboxylic acids is 1. The van der Waals surface area contributed by atoms with E-state index in [4.69, 9.17) is 0 Å². The van der Waals surface area contributed by atoms with Crippen LogP contribution in [0.25, 0.3) is 10.9 Å². The fourth-order valence-corrected chi connectivity index (χ4v) is 2.18. The van der Waals surface area contributed by atoms with Gasteiger partial charge in [-0.1, -0.05) is 12.1 Å². The highest BCUT2D eigenvalue weighted by Gasteiger charge is 2.10. The molecule has 2 aromatic heterocycles. The van der Waals surface area contributed by atoms with Crippen LogP contribution in [0.5, 0.6) is 0 Å². The van der Waals surface area contributed by atoms with Crippen LogP contribution in [0.3, 0.4) is 0 Å². The molecule has 0 bridgehead atoms. The minimum absolute atomic E-state index is 0.0109. The second kappa shape index (κ2) is 6.26. The molecule has 0 spiro atoms. The van der Waals surface area contributed by atoms with E-state index in [0.29, 0.717) is 17.4 Å². The predicted octanol–water partition coefficient (Wildman–Crippen LogP) is 0.151. The fraction of sp³-hybridized carbons (Fsp3) is 0.214. The van der Waals surface area contributed by atoms with Gasteiger partial charge in [0.25, 0.3) is 11.5 Å². The zero-order chi connectivity index (χ0) is 16.2. The van der Waals surface area contributed by atoms with Crippen molar-refractivity contribution in [2.75, 3.05) is 5.43 Å². The highest BCUT2D eigenvalue weighted by atomic mass is 16.2. The molecule has 0 atom stereocenters. The summed E-state index contributed by atoms with van der Waals surface area (Å²) in [5, 5.41) is 4.38. The summed E-state index contributed by atoms with van der Waals surface area (Å²) >= 11 is 0. The lowest BCUT2D eigenvalue weighted by molar-refractivity contribution is -0.121. The molecular weight excluding hydrogens is 298 g/mol. The molecule has 118 valence electrons. The van der Waals surface area contributed by atoms with Gasteiger partial charge in [0.05, 0.1) is 10.9 Å². The van der Waals surface area contributed by atoms with Gasteiger partial charge in [0.2, 0.25) is 5.95 Å². The summed E-state index contributed by atoms with van der Waals surface area (Å²) in [4.78, 5) is 32.4. The van der Waals surface area contributed by atoms with Gasteiger partial charge in [-0.05, 0) is 19.1 Å². The molecule has 3 aromatic rings. The van der Waals surface area contributed by atoms with Crippen LogP contribution in [-0.4, -0.2) is 30.2 Å². The zero-order valence-corrected chi connectivity index (χ0v) is 12.4. The Morgan fingerprint density at radius 2 is 2.13 bits per heavy atom. The molecular formula is C14H15N7O2. The van der Waals surface area contributed by atoms with E-state index in [9.17, 15) is 9.59 Å². The van der Waals surface area contributed by atoms with Crippen LogP contribution in [0.1, 0.15) is 6.92 Å². The van der Waals surface area contributed by atoms with Crippen LogP contribution < -0.4 is 16.4 Å². The summed E-state index contributed by atoms with van der Waals surface area (Å²) in [6, 6.07) is 7.07. The molecule has 0 aliphatic heterocycles. The van der Waals surface area contributed by atoms with Crippen molar-refractivity contribution in [3.8, 4) is 0 Å². The average molecular weight is 313 g/mol. The highest BCUT2D eigenvalue weighted by Crippen LogP contribution is 2.10. The highest BCUT2D eigenvalue weighted by molar-refractivity contribution is 5.79. The maximum atomic E-state index is 12.4. The molecule has 1 aromatic carbocycles. The van der Waals surface area contributed by atoms with E-state index >= 15 is 0 Å². The van der Waals surface area contributed by atoms with Gasteiger partial charge in [0.15, 0.2) is 0 Å². The van der Waals surface area contributed by atoms with Crippen LogP contribution >= 0.6 is 0 Å². The standard InChI is InChI=1S/C14H15N7O2/c1-2-21-13(23)10-5-3-4-6-11(10)17-14(21)19-18-12(22)7-20-9-15-8-16-20/h3-6,8-9H,2,7H2,1H3,(H,17,19)(H,18,22). The van der Waals surface area contributed by atoms with E-state index in [2.05, 4.69) is 25.9 Å². The van der Waals surface area contributed by atoms with Crippen molar-refractivity contribution in [3.05, 3.63) is 47.3 Å². The quantitative estimate of drug-likeness (QED) is 0.649. The van der Waals surface area contributed by atoms with Gasteiger partial charge in [0, 0.05) is 6.54 Å². The topological polar surface area (TPSA) is 107 Å². The molecule has 1 amide bonds. The lowest BCUT2D eigenvalue weighted by Crippen LogP contribution is -2.36. The van der Waals surface area contributed by atoms with Crippen molar-refractivity contribution in [1.82, 2.24) is 29.7 Å². The summed E-state index contributed by atoms with van der Waals surface area (Å²) in [6.07, 6.45) is 2.79. The second-order valence-corrected chi connectivity index (χ2v) is 4.77. The number of amides is 1. The Bertz CT molecular complexity index is 886. The Balaban J connectivity index is 1.82. The summed E-state index contributed by atoms with van der Waals surface area (Å²) in [6.45, 7) is 2.27. The van der Waals surface area contributed by atoms with Gasteiger partial charge >= 0.3 is 0 Å². The Hall–Kier alpha value is -3.23. The number of hydrogen-bond acceptors (Lipinski definition) is 6. The number of hydrazine groups is 1. The monoisotopic (exact) mass is 313 g/mol. The molecule has 9 nitrogen and oxygen atoms in total. The number of fused-ring (bicyclic) bond motifs is 1. The molecule has 2 N–H and O–H groups in total. The van der Waals surface area contributed by atoms with Crippen molar-refractivity contribution in [2.24, 2.45) is 0 Å². The van der Waals surface area contributed by atoms with Gasteiger partial charge in [-0.15, -0.1) is 0 Å². The maximum absolute atomic E-state index is 12.4. The molecule has 23 heavy (non-hydrogen) atoms. The Kier molecular flexibility index (Phi) is 4.00. The normalized spacial score (nSPS) is 10.7. The molecule has 3 rings (SSSR count). The molecule has 0 aliphatic carbocycles. The first-order valence-corrected chi connectivity index (χ1v) is 7.06. The average Bonchev–Trinajstić information content (AvgIpc) is 3.06. The third-order valence-corrected chi connectivity index (χ3v) is 3.26. The summed E-state index contributed by atoms with van der Waals surface area (Å²) in [7, 11) is 0. The lowest BCUT2D eigenvalue weighted by Gasteiger charge is -2.13.